The molecule has 0 aliphatic heterocycles. The predicted molar refractivity (Wildman–Crippen MR) is 79.2 cm³/mol. The number of nitrogens with two attached hydrogens (primary N) is 1. The first-order valence-electron chi connectivity index (χ1n) is 6.58. The molecular formula is C15H19Cl2N. The molecule has 18 heavy (non-hydrogen) atoms. The van der Waals surface area contributed by atoms with Crippen LogP contribution in [0.5, 0.6) is 0 Å². The number of allylic oxidation sites excluding steroid dienone is 1. The molecule has 0 aromatic heterocycles. The van der Waals surface area contributed by atoms with E-state index in [1.807, 2.05) is 18.2 Å². The molecule has 1 nitrogen and oxygen atoms in total. The summed E-state index contributed by atoms with van der Waals surface area (Å²) in [5, 5.41) is 1.33. The van der Waals surface area contributed by atoms with Crippen molar-refractivity contribution in [1.82, 2.24) is 0 Å². The Labute approximate surface area is 119 Å². The van der Waals surface area contributed by atoms with Crippen LogP contribution >= 0.6 is 23.2 Å². The normalized spacial score (nSPS) is 21.6. The fourth-order valence-electron chi connectivity index (χ4n) is 2.49. The molecule has 3 heteroatoms. The van der Waals surface area contributed by atoms with Gasteiger partial charge in [0.05, 0.1) is 6.04 Å². The molecule has 0 saturated carbocycles. The largest absolute Gasteiger partial charge is 0.320 e. The van der Waals surface area contributed by atoms with Crippen molar-refractivity contribution in [3.63, 3.8) is 0 Å². The Bertz CT molecular complexity index is 420. The zero-order valence-electron chi connectivity index (χ0n) is 10.5. The van der Waals surface area contributed by atoms with Crippen molar-refractivity contribution in [3.8, 4) is 0 Å². The standard InChI is InChI=1S/C15H19Cl2N/c16-12-9-6-10-13(17)14(12)15(18)11-7-4-2-1-3-5-8-11/h6-7,9-10,15H,1-5,8,18H2/b11-7+. The lowest BCUT2D eigenvalue weighted by atomic mass is 9.91. The summed E-state index contributed by atoms with van der Waals surface area (Å²) in [7, 11) is 0. The summed E-state index contributed by atoms with van der Waals surface area (Å²) in [6.07, 6.45) is 9.54. The Hall–Kier alpha value is -0.500. The van der Waals surface area contributed by atoms with Crippen LogP contribution in [0, 0.1) is 0 Å². The molecule has 0 bridgehead atoms. The van der Waals surface area contributed by atoms with Crippen LogP contribution < -0.4 is 5.73 Å². The van der Waals surface area contributed by atoms with Gasteiger partial charge >= 0.3 is 0 Å². The quantitative estimate of drug-likeness (QED) is 0.735. The lowest BCUT2D eigenvalue weighted by Crippen LogP contribution is -2.15. The summed E-state index contributed by atoms with van der Waals surface area (Å²) in [6, 6.07) is 5.40. The van der Waals surface area contributed by atoms with Gasteiger partial charge < -0.3 is 5.73 Å². The monoisotopic (exact) mass is 283 g/mol. The van der Waals surface area contributed by atoms with Gasteiger partial charge in [0.1, 0.15) is 0 Å². The minimum absolute atomic E-state index is 0.163. The zero-order chi connectivity index (χ0) is 13.0. The maximum Gasteiger partial charge on any atom is 0.0540 e. The van der Waals surface area contributed by atoms with E-state index in [-0.39, 0.29) is 6.04 Å². The molecule has 0 radical (unpaired) electrons. The lowest BCUT2D eigenvalue weighted by molar-refractivity contribution is 0.602. The van der Waals surface area contributed by atoms with Crippen molar-refractivity contribution in [3.05, 3.63) is 45.5 Å². The maximum atomic E-state index is 6.35. The average molecular weight is 284 g/mol. The van der Waals surface area contributed by atoms with Crippen LogP contribution in [-0.2, 0) is 0 Å². The Morgan fingerprint density at radius 1 is 1.00 bits per heavy atom. The fraction of sp³-hybridized carbons (Fsp3) is 0.467. The minimum atomic E-state index is -0.163. The molecule has 1 aliphatic carbocycles. The van der Waals surface area contributed by atoms with Crippen LogP contribution in [0.3, 0.4) is 0 Å². The average Bonchev–Trinajstić information content (AvgIpc) is 2.27. The molecule has 98 valence electrons. The molecule has 2 N–H and O–H groups in total. The minimum Gasteiger partial charge on any atom is -0.320 e. The summed E-state index contributed by atoms with van der Waals surface area (Å²) in [5.74, 6) is 0. The zero-order valence-corrected chi connectivity index (χ0v) is 12.0. The third kappa shape index (κ3) is 3.28. The van der Waals surface area contributed by atoms with Gasteiger partial charge in [0.15, 0.2) is 0 Å². The molecule has 0 fully saturated rings. The van der Waals surface area contributed by atoms with E-state index in [9.17, 15) is 0 Å². The summed E-state index contributed by atoms with van der Waals surface area (Å²) in [6.45, 7) is 0. The predicted octanol–water partition coefficient (Wildman–Crippen LogP) is 5.27. The first-order chi connectivity index (χ1) is 8.70. The third-order valence-corrected chi connectivity index (χ3v) is 4.20. The first-order valence-corrected chi connectivity index (χ1v) is 7.34. The smallest absolute Gasteiger partial charge is 0.0540 e. The van der Waals surface area contributed by atoms with E-state index in [0.717, 1.165) is 18.4 Å². The van der Waals surface area contributed by atoms with Gasteiger partial charge in [0.25, 0.3) is 0 Å². The second-order valence-electron chi connectivity index (χ2n) is 4.84. The second-order valence-corrected chi connectivity index (χ2v) is 5.66. The maximum absolute atomic E-state index is 6.35. The van der Waals surface area contributed by atoms with Crippen molar-refractivity contribution in [2.45, 2.75) is 44.6 Å². The van der Waals surface area contributed by atoms with Crippen LogP contribution in [0.15, 0.2) is 29.8 Å². The molecular weight excluding hydrogens is 265 g/mol. The summed E-state index contributed by atoms with van der Waals surface area (Å²) >= 11 is 12.4. The second kappa shape index (κ2) is 6.60. The van der Waals surface area contributed by atoms with E-state index in [2.05, 4.69) is 6.08 Å². The van der Waals surface area contributed by atoms with Gasteiger partial charge in [-0.25, -0.2) is 0 Å². The Kier molecular flexibility index (Phi) is 5.11. The lowest BCUT2D eigenvalue weighted by Gasteiger charge is -2.20. The molecule has 2 rings (SSSR count). The highest BCUT2D eigenvalue weighted by molar-refractivity contribution is 6.36. The van der Waals surface area contributed by atoms with Gasteiger partial charge in [-0.05, 0) is 37.8 Å². The SMILES string of the molecule is NC(/C1=C/CCCCCC1)c1c(Cl)cccc1Cl. The third-order valence-electron chi connectivity index (χ3n) is 3.54. The van der Waals surface area contributed by atoms with E-state index < -0.39 is 0 Å². The van der Waals surface area contributed by atoms with E-state index in [4.69, 9.17) is 28.9 Å². The molecule has 1 aromatic carbocycles. The highest BCUT2D eigenvalue weighted by Gasteiger charge is 2.18. The van der Waals surface area contributed by atoms with Gasteiger partial charge in [0.2, 0.25) is 0 Å². The van der Waals surface area contributed by atoms with Crippen LogP contribution in [0.25, 0.3) is 0 Å². The molecule has 1 aromatic rings. The van der Waals surface area contributed by atoms with Gasteiger partial charge in [-0.15, -0.1) is 0 Å². The number of hydrogen-bond donors (Lipinski definition) is 1. The van der Waals surface area contributed by atoms with E-state index >= 15 is 0 Å². The van der Waals surface area contributed by atoms with Crippen LogP contribution in [0.1, 0.15) is 50.1 Å². The van der Waals surface area contributed by atoms with Crippen LogP contribution in [0.2, 0.25) is 10.0 Å². The molecule has 0 spiro atoms. The highest BCUT2D eigenvalue weighted by atomic mass is 35.5. The van der Waals surface area contributed by atoms with Crippen LogP contribution in [0.4, 0.5) is 0 Å². The summed E-state index contributed by atoms with van der Waals surface area (Å²) < 4.78 is 0. The van der Waals surface area contributed by atoms with Gasteiger partial charge in [-0.1, -0.05) is 53.8 Å². The molecule has 0 amide bonds. The molecule has 1 unspecified atom stereocenters. The highest BCUT2D eigenvalue weighted by Crippen LogP contribution is 2.35. The van der Waals surface area contributed by atoms with Crippen molar-refractivity contribution in [2.24, 2.45) is 5.73 Å². The van der Waals surface area contributed by atoms with E-state index in [1.165, 1.54) is 31.3 Å². The molecule has 1 aliphatic rings. The van der Waals surface area contributed by atoms with Gasteiger partial charge in [-0.3, -0.25) is 0 Å². The number of hydrogen-bond acceptors (Lipinski definition) is 1. The number of rotatable bonds is 2. The Balaban J connectivity index is 2.26. The van der Waals surface area contributed by atoms with Crippen molar-refractivity contribution < 1.29 is 0 Å². The summed E-state index contributed by atoms with van der Waals surface area (Å²) in [5.41, 5.74) is 8.51. The fourth-order valence-corrected chi connectivity index (χ4v) is 3.12. The first kappa shape index (κ1) is 13.9. The number of halogens is 2. The van der Waals surface area contributed by atoms with Crippen molar-refractivity contribution >= 4 is 23.2 Å². The molecule has 0 heterocycles. The van der Waals surface area contributed by atoms with E-state index in [1.54, 1.807) is 0 Å². The van der Waals surface area contributed by atoms with E-state index in [0.29, 0.717) is 10.0 Å². The van der Waals surface area contributed by atoms with Crippen LogP contribution in [-0.4, -0.2) is 0 Å². The Morgan fingerprint density at radius 2 is 1.67 bits per heavy atom. The van der Waals surface area contributed by atoms with Gasteiger partial charge in [0, 0.05) is 15.6 Å². The Morgan fingerprint density at radius 3 is 2.39 bits per heavy atom. The summed E-state index contributed by atoms with van der Waals surface area (Å²) in [4.78, 5) is 0. The van der Waals surface area contributed by atoms with Crippen molar-refractivity contribution in [2.75, 3.05) is 0 Å². The van der Waals surface area contributed by atoms with Crippen molar-refractivity contribution in [1.29, 1.82) is 0 Å². The topological polar surface area (TPSA) is 26.0 Å². The molecule has 1 atom stereocenters. The number of benzene rings is 1. The van der Waals surface area contributed by atoms with Gasteiger partial charge in [-0.2, -0.15) is 0 Å². The molecule has 0 saturated heterocycles.